The maximum atomic E-state index is 14.1. The Morgan fingerprint density at radius 3 is 2.26 bits per heavy atom. The lowest BCUT2D eigenvalue weighted by atomic mass is 9.64. The first-order chi connectivity index (χ1) is 19.0. The zero-order valence-electron chi connectivity index (χ0n) is 21.5. The average molecular weight is 516 g/mol. The highest BCUT2D eigenvalue weighted by Crippen LogP contribution is 2.55. The molecular formula is C33H25NO5. The summed E-state index contributed by atoms with van der Waals surface area (Å²) in [7, 11) is 1.60. The molecule has 0 bridgehead atoms. The molecule has 6 nitrogen and oxygen atoms in total. The van der Waals surface area contributed by atoms with Gasteiger partial charge in [0, 0.05) is 16.9 Å². The lowest BCUT2D eigenvalue weighted by molar-refractivity contribution is -0.142. The van der Waals surface area contributed by atoms with Crippen LogP contribution in [0.2, 0.25) is 0 Å². The summed E-state index contributed by atoms with van der Waals surface area (Å²) in [5, 5.41) is 1.79. The number of anilines is 1. The van der Waals surface area contributed by atoms with Gasteiger partial charge >= 0.3 is 5.97 Å². The number of amides is 2. The minimum atomic E-state index is -0.877. The number of fused-ring (bicyclic) bond motifs is 7. The number of allylic oxidation sites excluding steroid dienone is 1. The van der Waals surface area contributed by atoms with E-state index in [9.17, 15) is 14.4 Å². The summed E-state index contributed by atoms with van der Waals surface area (Å²) in [6.45, 7) is 1.95. The summed E-state index contributed by atoms with van der Waals surface area (Å²) < 4.78 is 11.3. The first kappa shape index (κ1) is 23.4. The number of nitrogens with zero attached hydrogens (tertiary/aromatic N) is 1. The minimum Gasteiger partial charge on any atom is -0.497 e. The third-order valence-electron chi connectivity index (χ3n) is 8.28. The molecule has 0 radical (unpaired) electrons. The van der Waals surface area contributed by atoms with Gasteiger partial charge in [-0.1, -0.05) is 72.3 Å². The molecule has 0 aromatic heterocycles. The molecule has 1 saturated heterocycles. The number of methoxy groups -OCH3 is 1. The Balaban J connectivity index is 1.43. The van der Waals surface area contributed by atoms with Crippen LogP contribution in [0, 0.1) is 24.7 Å². The molecule has 3 aliphatic rings. The van der Waals surface area contributed by atoms with Crippen molar-refractivity contribution < 1.29 is 23.9 Å². The predicted octanol–water partition coefficient (Wildman–Crippen LogP) is 5.68. The van der Waals surface area contributed by atoms with E-state index in [4.69, 9.17) is 9.47 Å². The number of ether oxygens (including phenoxy) is 2. The largest absolute Gasteiger partial charge is 0.497 e. The number of esters is 1. The van der Waals surface area contributed by atoms with Crippen molar-refractivity contribution >= 4 is 39.8 Å². The molecular weight excluding hydrogens is 490 g/mol. The molecule has 4 aromatic rings. The fourth-order valence-corrected chi connectivity index (χ4v) is 6.39. The van der Waals surface area contributed by atoms with Crippen LogP contribution >= 0.6 is 0 Å². The lowest BCUT2D eigenvalue weighted by Crippen LogP contribution is -2.42. The van der Waals surface area contributed by atoms with Crippen molar-refractivity contribution in [3.8, 4) is 11.5 Å². The van der Waals surface area contributed by atoms with Gasteiger partial charge in [-0.05, 0) is 47.7 Å². The van der Waals surface area contributed by atoms with Crippen LogP contribution in [0.1, 0.15) is 22.6 Å². The highest BCUT2D eigenvalue weighted by atomic mass is 16.5. The second kappa shape index (κ2) is 8.67. The van der Waals surface area contributed by atoms with Gasteiger partial charge in [-0.15, -0.1) is 0 Å². The molecule has 0 saturated carbocycles. The van der Waals surface area contributed by atoms with E-state index in [-0.39, 0.29) is 11.8 Å². The SMILES string of the molecule is COc1ccc([C@@H]2C=C3c4ccc5ccccc5c4OC(=O)[C@@H]3[C@@H]3C(=O)N(c4ccc(C)cc4)C(=O)[C@@H]32)cc1. The first-order valence-electron chi connectivity index (χ1n) is 13.0. The van der Waals surface area contributed by atoms with Crippen LogP contribution in [0.5, 0.6) is 11.5 Å². The number of carbonyl (C=O) groups is 3. The van der Waals surface area contributed by atoms with Gasteiger partial charge in [-0.2, -0.15) is 0 Å². The molecule has 0 unspecified atom stereocenters. The van der Waals surface area contributed by atoms with Crippen molar-refractivity contribution in [2.24, 2.45) is 17.8 Å². The second-order valence-electron chi connectivity index (χ2n) is 10.4. The number of carbonyl (C=O) groups excluding carboxylic acids is 3. The van der Waals surface area contributed by atoms with E-state index in [1.165, 1.54) is 4.90 Å². The molecule has 2 heterocycles. The second-order valence-corrected chi connectivity index (χ2v) is 10.4. The van der Waals surface area contributed by atoms with Crippen LogP contribution < -0.4 is 14.4 Å². The summed E-state index contributed by atoms with van der Waals surface area (Å²) in [6, 6.07) is 26.6. The summed E-state index contributed by atoms with van der Waals surface area (Å²) in [5.41, 5.74) is 3.93. The molecule has 1 fully saturated rings. The number of rotatable bonds is 3. The van der Waals surface area contributed by atoms with Gasteiger partial charge in [0.15, 0.2) is 0 Å². The monoisotopic (exact) mass is 515 g/mol. The summed E-state index contributed by atoms with van der Waals surface area (Å²) in [6.07, 6.45) is 2.01. The van der Waals surface area contributed by atoms with E-state index in [2.05, 4.69) is 0 Å². The standard InChI is InChI=1S/C33H25NO5/c1-18-7-12-21(13-8-18)34-31(35)27-25(20-9-14-22(38-2)15-10-20)17-26-24-16-11-19-5-3-4-6-23(19)30(24)39-33(37)28(26)29(27)32(34)36/h3-17,25,27-29H,1-2H3/t25-,27+,28-,29+/m0/s1. The maximum absolute atomic E-state index is 14.1. The predicted molar refractivity (Wildman–Crippen MR) is 147 cm³/mol. The minimum absolute atomic E-state index is 0.304. The van der Waals surface area contributed by atoms with E-state index in [1.807, 2.05) is 85.8 Å². The van der Waals surface area contributed by atoms with Crippen molar-refractivity contribution in [3.05, 3.63) is 108 Å². The molecule has 2 amide bonds. The summed E-state index contributed by atoms with van der Waals surface area (Å²) in [4.78, 5) is 43.1. The Labute approximate surface area is 225 Å². The van der Waals surface area contributed by atoms with Crippen molar-refractivity contribution in [3.63, 3.8) is 0 Å². The number of hydrogen-bond acceptors (Lipinski definition) is 5. The molecule has 4 atom stereocenters. The molecule has 1 aliphatic carbocycles. The molecule has 4 aromatic carbocycles. The van der Waals surface area contributed by atoms with Gasteiger partial charge in [0.1, 0.15) is 11.5 Å². The van der Waals surface area contributed by atoms with Crippen molar-refractivity contribution in [1.82, 2.24) is 0 Å². The molecule has 6 heteroatoms. The Morgan fingerprint density at radius 2 is 1.51 bits per heavy atom. The third-order valence-corrected chi connectivity index (χ3v) is 8.28. The highest BCUT2D eigenvalue weighted by molar-refractivity contribution is 6.24. The molecule has 39 heavy (non-hydrogen) atoms. The lowest BCUT2D eigenvalue weighted by Gasteiger charge is -2.38. The van der Waals surface area contributed by atoms with Gasteiger partial charge in [-0.25, -0.2) is 4.90 Å². The number of imide groups is 1. The van der Waals surface area contributed by atoms with Crippen LogP contribution in [0.15, 0.2) is 91.0 Å². The van der Waals surface area contributed by atoms with E-state index >= 15 is 0 Å². The van der Waals surface area contributed by atoms with E-state index < -0.39 is 29.6 Å². The van der Waals surface area contributed by atoms with Crippen LogP contribution in [0.4, 0.5) is 5.69 Å². The van der Waals surface area contributed by atoms with Crippen molar-refractivity contribution in [2.45, 2.75) is 12.8 Å². The third kappa shape index (κ3) is 3.44. The zero-order valence-corrected chi connectivity index (χ0v) is 21.5. The fraction of sp³-hybridized carbons (Fsp3) is 0.182. The Morgan fingerprint density at radius 1 is 0.795 bits per heavy atom. The van der Waals surface area contributed by atoms with Crippen LogP contribution in [-0.4, -0.2) is 24.9 Å². The van der Waals surface area contributed by atoms with Gasteiger partial charge < -0.3 is 9.47 Å². The van der Waals surface area contributed by atoms with Crippen LogP contribution in [0.25, 0.3) is 16.3 Å². The van der Waals surface area contributed by atoms with Crippen LogP contribution in [0.3, 0.4) is 0 Å². The van der Waals surface area contributed by atoms with Crippen LogP contribution in [-0.2, 0) is 14.4 Å². The smallest absolute Gasteiger partial charge is 0.319 e. The number of hydrogen-bond donors (Lipinski definition) is 0. The molecule has 2 aliphatic heterocycles. The normalized spacial score (nSPS) is 23.6. The molecule has 0 spiro atoms. The highest BCUT2D eigenvalue weighted by Gasteiger charge is 2.60. The number of benzene rings is 4. The van der Waals surface area contributed by atoms with Crippen molar-refractivity contribution in [1.29, 1.82) is 0 Å². The fourth-order valence-electron chi connectivity index (χ4n) is 6.39. The summed E-state index contributed by atoms with van der Waals surface area (Å²) >= 11 is 0. The van der Waals surface area contributed by atoms with Gasteiger partial charge in [0.05, 0.1) is 30.6 Å². The Hall–Kier alpha value is -4.71. The summed E-state index contributed by atoms with van der Waals surface area (Å²) in [5.74, 6) is -2.88. The number of aryl methyl sites for hydroxylation is 1. The zero-order chi connectivity index (χ0) is 26.8. The Kier molecular flexibility index (Phi) is 5.20. The topological polar surface area (TPSA) is 72.9 Å². The van der Waals surface area contributed by atoms with E-state index in [0.29, 0.717) is 17.2 Å². The van der Waals surface area contributed by atoms with Gasteiger partial charge in [0.25, 0.3) is 0 Å². The molecule has 7 rings (SSSR count). The van der Waals surface area contributed by atoms with E-state index in [1.54, 1.807) is 19.2 Å². The molecule has 192 valence electrons. The van der Waals surface area contributed by atoms with Gasteiger partial charge in [-0.3, -0.25) is 14.4 Å². The Bertz CT molecular complexity index is 1700. The van der Waals surface area contributed by atoms with Gasteiger partial charge in [0.2, 0.25) is 11.8 Å². The maximum Gasteiger partial charge on any atom is 0.319 e. The quantitative estimate of drug-likeness (QED) is 0.199. The molecule has 0 N–H and O–H groups in total. The van der Waals surface area contributed by atoms with Crippen molar-refractivity contribution in [2.75, 3.05) is 12.0 Å². The first-order valence-corrected chi connectivity index (χ1v) is 13.0. The van der Waals surface area contributed by atoms with E-state index in [0.717, 1.165) is 33.0 Å². The average Bonchev–Trinajstić information content (AvgIpc) is 3.23.